The maximum atomic E-state index is 11.1. The van der Waals surface area contributed by atoms with Crippen molar-refractivity contribution in [1.82, 2.24) is 10.1 Å². The second-order valence-corrected chi connectivity index (χ2v) is 5.96. The number of likely N-dealkylation sites (N-methyl/N-ethyl adjacent to an activating group) is 1. The second-order valence-electron chi connectivity index (χ2n) is 5.04. The maximum Gasteiger partial charge on any atom is 0.254 e. The Kier molecular flexibility index (Phi) is 5.57. The summed E-state index contributed by atoms with van der Waals surface area (Å²) >= 11 is 3.41. The van der Waals surface area contributed by atoms with Crippen LogP contribution in [-0.4, -0.2) is 29.1 Å². The Bertz CT molecular complexity index is 644. The van der Waals surface area contributed by atoms with Gasteiger partial charge in [0.15, 0.2) is 5.76 Å². The van der Waals surface area contributed by atoms with Crippen LogP contribution in [0.25, 0.3) is 0 Å². The predicted molar refractivity (Wildman–Crippen MR) is 85.1 cm³/mol. The van der Waals surface area contributed by atoms with Crippen molar-refractivity contribution in [2.75, 3.05) is 7.05 Å². The van der Waals surface area contributed by atoms with Crippen LogP contribution in [0.3, 0.4) is 0 Å². The van der Waals surface area contributed by atoms with Crippen molar-refractivity contribution < 1.29 is 14.1 Å². The minimum atomic E-state index is -0.381. The highest BCUT2D eigenvalue weighted by Crippen LogP contribution is 2.17. The minimum Gasteiger partial charge on any atom is -0.471 e. The molecule has 0 fully saturated rings. The average Bonchev–Trinajstić information content (AvgIpc) is 2.91. The molecule has 0 aliphatic carbocycles. The molecule has 1 aromatic heterocycles. The fourth-order valence-corrected chi connectivity index (χ4v) is 2.27. The number of amides is 1. The lowest BCUT2D eigenvalue weighted by atomic mass is 10.2. The fourth-order valence-electron chi connectivity index (χ4n) is 1.82. The van der Waals surface area contributed by atoms with Gasteiger partial charge in [0, 0.05) is 10.5 Å². The summed E-state index contributed by atoms with van der Waals surface area (Å²) < 4.78 is 11.8. The SMILES string of the molecule is CC(C(N)=O)N(C)Cc1cc(OCc2cccc(Br)c2)no1. The van der Waals surface area contributed by atoms with E-state index in [-0.39, 0.29) is 11.9 Å². The Morgan fingerprint density at radius 2 is 2.27 bits per heavy atom. The van der Waals surface area contributed by atoms with E-state index >= 15 is 0 Å². The van der Waals surface area contributed by atoms with Crippen LogP contribution in [-0.2, 0) is 17.9 Å². The summed E-state index contributed by atoms with van der Waals surface area (Å²) in [6.07, 6.45) is 0. The highest BCUT2D eigenvalue weighted by atomic mass is 79.9. The molecule has 2 N–H and O–H groups in total. The maximum absolute atomic E-state index is 11.1. The minimum absolute atomic E-state index is 0.379. The zero-order valence-electron chi connectivity index (χ0n) is 12.5. The van der Waals surface area contributed by atoms with Crippen molar-refractivity contribution in [1.29, 1.82) is 0 Å². The smallest absolute Gasteiger partial charge is 0.254 e. The van der Waals surface area contributed by atoms with E-state index in [1.54, 1.807) is 24.9 Å². The molecule has 0 saturated heterocycles. The number of primary amides is 1. The number of carbonyl (C=O) groups is 1. The molecule has 22 heavy (non-hydrogen) atoms. The average molecular weight is 368 g/mol. The van der Waals surface area contributed by atoms with Gasteiger partial charge in [0.1, 0.15) is 6.61 Å². The molecular weight excluding hydrogens is 350 g/mol. The number of carbonyl (C=O) groups excluding carboxylic acids is 1. The first-order chi connectivity index (χ1) is 10.5. The zero-order valence-corrected chi connectivity index (χ0v) is 14.0. The Labute approximate surface area is 137 Å². The lowest BCUT2D eigenvalue weighted by Gasteiger charge is -2.19. The van der Waals surface area contributed by atoms with E-state index < -0.39 is 0 Å². The van der Waals surface area contributed by atoms with Gasteiger partial charge in [-0.2, -0.15) is 0 Å². The molecule has 2 aromatic rings. The van der Waals surface area contributed by atoms with Crippen LogP contribution in [0, 0.1) is 0 Å². The number of hydrogen-bond donors (Lipinski definition) is 1. The quantitative estimate of drug-likeness (QED) is 0.811. The van der Waals surface area contributed by atoms with Gasteiger partial charge in [-0.25, -0.2) is 0 Å². The molecule has 2 rings (SSSR count). The molecule has 118 valence electrons. The van der Waals surface area contributed by atoms with Crippen molar-refractivity contribution >= 4 is 21.8 Å². The molecule has 0 aliphatic rings. The summed E-state index contributed by atoms with van der Waals surface area (Å²) in [4.78, 5) is 12.9. The van der Waals surface area contributed by atoms with Crippen molar-refractivity contribution in [3.05, 3.63) is 46.1 Å². The van der Waals surface area contributed by atoms with Crippen molar-refractivity contribution in [2.45, 2.75) is 26.1 Å². The van der Waals surface area contributed by atoms with E-state index in [2.05, 4.69) is 21.1 Å². The summed E-state index contributed by atoms with van der Waals surface area (Å²) in [5, 5.41) is 3.86. The molecule has 1 unspecified atom stereocenters. The third kappa shape index (κ3) is 4.57. The van der Waals surface area contributed by atoms with E-state index in [1.807, 2.05) is 24.3 Å². The largest absolute Gasteiger partial charge is 0.471 e. The lowest BCUT2D eigenvalue weighted by Crippen LogP contribution is -2.39. The number of rotatable bonds is 7. The summed E-state index contributed by atoms with van der Waals surface area (Å²) in [7, 11) is 1.79. The molecule has 0 bridgehead atoms. The van der Waals surface area contributed by atoms with Gasteiger partial charge in [0.2, 0.25) is 5.91 Å². The molecule has 0 spiro atoms. The molecule has 6 nitrogen and oxygen atoms in total. The number of benzene rings is 1. The van der Waals surface area contributed by atoms with Crippen LogP contribution in [0.5, 0.6) is 5.88 Å². The van der Waals surface area contributed by atoms with Crippen LogP contribution in [0.2, 0.25) is 0 Å². The molecule has 0 aliphatic heterocycles. The molecule has 1 aromatic carbocycles. The van der Waals surface area contributed by atoms with Gasteiger partial charge in [-0.05, 0) is 36.8 Å². The fraction of sp³-hybridized carbons (Fsp3) is 0.333. The number of nitrogens with zero attached hydrogens (tertiary/aromatic N) is 2. The van der Waals surface area contributed by atoms with Gasteiger partial charge in [-0.15, -0.1) is 0 Å². The zero-order chi connectivity index (χ0) is 16.1. The number of hydrogen-bond acceptors (Lipinski definition) is 5. The number of ether oxygens (including phenoxy) is 1. The number of halogens is 1. The summed E-state index contributed by atoms with van der Waals surface area (Å²) in [5.74, 6) is 0.642. The molecule has 0 saturated carbocycles. The first kappa shape index (κ1) is 16.5. The van der Waals surface area contributed by atoms with E-state index in [9.17, 15) is 4.79 Å². The van der Waals surface area contributed by atoms with Crippen LogP contribution in [0.4, 0.5) is 0 Å². The Hall–Kier alpha value is -1.86. The third-order valence-electron chi connectivity index (χ3n) is 3.29. The van der Waals surface area contributed by atoms with Crippen molar-refractivity contribution in [3.8, 4) is 5.88 Å². The normalized spacial score (nSPS) is 12.4. The molecule has 1 atom stereocenters. The molecule has 1 amide bonds. The van der Waals surface area contributed by atoms with Gasteiger partial charge in [0.25, 0.3) is 5.88 Å². The third-order valence-corrected chi connectivity index (χ3v) is 3.78. The summed E-state index contributed by atoms with van der Waals surface area (Å²) in [6, 6.07) is 9.17. The van der Waals surface area contributed by atoms with E-state index in [1.165, 1.54) is 0 Å². The lowest BCUT2D eigenvalue weighted by molar-refractivity contribution is -0.122. The highest BCUT2D eigenvalue weighted by Gasteiger charge is 2.17. The van der Waals surface area contributed by atoms with Gasteiger partial charge in [-0.1, -0.05) is 28.1 Å². The van der Waals surface area contributed by atoms with E-state index in [0.717, 1.165) is 10.0 Å². The highest BCUT2D eigenvalue weighted by molar-refractivity contribution is 9.10. The molecule has 7 heteroatoms. The molecule has 1 heterocycles. The van der Waals surface area contributed by atoms with Gasteiger partial charge in [0.05, 0.1) is 12.6 Å². The van der Waals surface area contributed by atoms with Crippen molar-refractivity contribution in [3.63, 3.8) is 0 Å². The standard InChI is InChI=1S/C15H18BrN3O3/c1-10(15(17)20)19(2)8-13-7-14(18-22-13)21-9-11-4-3-5-12(16)6-11/h3-7,10H,8-9H2,1-2H3,(H2,17,20). The van der Waals surface area contributed by atoms with E-state index in [0.29, 0.717) is 24.8 Å². The number of aromatic nitrogens is 1. The predicted octanol–water partition coefficient (Wildman–Crippen LogP) is 2.32. The first-order valence-electron chi connectivity index (χ1n) is 6.78. The van der Waals surface area contributed by atoms with Crippen LogP contribution < -0.4 is 10.5 Å². The summed E-state index contributed by atoms with van der Waals surface area (Å²) in [6.45, 7) is 2.57. The number of nitrogens with two attached hydrogens (primary N) is 1. The Morgan fingerprint density at radius 1 is 1.50 bits per heavy atom. The Balaban J connectivity index is 1.90. The van der Waals surface area contributed by atoms with Crippen LogP contribution in [0.1, 0.15) is 18.2 Å². The van der Waals surface area contributed by atoms with Crippen LogP contribution >= 0.6 is 15.9 Å². The van der Waals surface area contributed by atoms with Gasteiger partial charge < -0.3 is 15.0 Å². The molecular formula is C15H18BrN3O3. The summed E-state index contributed by atoms with van der Waals surface area (Å²) in [5.41, 5.74) is 6.29. The second kappa shape index (κ2) is 7.42. The van der Waals surface area contributed by atoms with Gasteiger partial charge in [-0.3, -0.25) is 9.69 Å². The van der Waals surface area contributed by atoms with Crippen molar-refractivity contribution in [2.24, 2.45) is 5.73 Å². The van der Waals surface area contributed by atoms with Crippen LogP contribution in [0.15, 0.2) is 39.3 Å². The first-order valence-corrected chi connectivity index (χ1v) is 7.57. The monoisotopic (exact) mass is 367 g/mol. The molecule has 0 radical (unpaired) electrons. The van der Waals surface area contributed by atoms with E-state index in [4.69, 9.17) is 15.0 Å². The topological polar surface area (TPSA) is 81.6 Å². The Morgan fingerprint density at radius 3 is 2.95 bits per heavy atom. The van der Waals surface area contributed by atoms with Gasteiger partial charge >= 0.3 is 0 Å².